The molecule has 1 aliphatic rings. The minimum absolute atomic E-state index is 0.0499. The monoisotopic (exact) mass is 339 g/mol. The first kappa shape index (κ1) is 14.8. The molecule has 0 unspecified atom stereocenters. The number of amides is 1. The summed E-state index contributed by atoms with van der Waals surface area (Å²) in [5.41, 5.74) is 1.37. The first-order valence-electron chi connectivity index (χ1n) is 7.61. The molecule has 1 aromatic carbocycles. The number of nitrogens with zero attached hydrogens (tertiary/aromatic N) is 5. The van der Waals surface area contributed by atoms with E-state index in [1.54, 1.807) is 35.4 Å². The van der Waals surface area contributed by atoms with Gasteiger partial charge in [-0.1, -0.05) is 23.7 Å². The second-order valence-electron chi connectivity index (χ2n) is 5.54. The van der Waals surface area contributed by atoms with Crippen LogP contribution in [-0.4, -0.2) is 37.1 Å². The van der Waals surface area contributed by atoms with Crippen LogP contribution in [0.15, 0.2) is 48.7 Å². The van der Waals surface area contributed by atoms with Gasteiger partial charge in [0.2, 0.25) is 0 Å². The Labute approximate surface area is 143 Å². The van der Waals surface area contributed by atoms with Gasteiger partial charge in [0.15, 0.2) is 11.6 Å². The van der Waals surface area contributed by atoms with Gasteiger partial charge in [-0.2, -0.15) is 0 Å². The molecule has 1 amide bonds. The lowest BCUT2D eigenvalue weighted by Crippen LogP contribution is -2.38. The fraction of sp³-hybridized carbons (Fsp3) is 0.176. The summed E-state index contributed by atoms with van der Waals surface area (Å²) in [5, 5.41) is 9.02. The van der Waals surface area contributed by atoms with Gasteiger partial charge in [0, 0.05) is 29.9 Å². The number of carbonyl (C=O) groups excluding carboxylic acids is 1. The van der Waals surface area contributed by atoms with Crippen molar-refractivity contribution in [2.45, 2.75) is 13.1 Å². The number of benzene rings is 1. The maximum Gasteiger partial charge on any atom is 0.254 e. The van der Waals surface area contributed by atoms with Gasteiger partial charge >= 0.3 is 0 Å². The molecule has 0 radical (unpaired) electrons. The summed E-state index contributed by atoms with van der Waals surface area (Å²) >= 11 is 5.98. The average Bonchev–Trinajstić information content (AvgIpc) is 3.05. The number of rotatable bonds is 2. The van der Waals surface area contributed by atoms with Crippen LogP contribution in [-0.2, 0) is 13.1 Å². The summed E-state index contributed by atoms with van der Waals surface area (Å²) in [6, 6.07) is 12.7. The third kappa shape index (κ3) is 2.65. The van der Waals surface area contributed by atoms with E-state index in [4.69, 9.17) is 11.6 Å². The van der Waals surface area contributed by atoms with Gasteiger partial charge in [0.25, 0.3) is 5.91 Å². The predicted octanol–water partition coefficient (Wildman–Crippen LogP) is 2.65. The minimum atomic E-state index is -0.0499. The lowest BCUT2D eigenvalue weighted by molar-refractivity contribution is 0.0708. The molecule has 1 aliphatic heterocycles. The van der Waals surface area contributed by atoms with Crippen LogP contribution in [0.4, 0.5) is 0 Å². The van der Waals surface area contributed by atoms with E-state index in [0.29, 0.717) is 30.2 Å². The van der Waals surface area contributed by atoms with Crippen LogP contribution in [0.3, 0.4) is 0 Å². The summed E-state index contributed by atoms with van der Waals surface area (Å²) in [7, 11) is 0. The number of pyridine rings is 1. The average molecular weight is 340 g/mol. The fourth-order valence-electron chi connectivity index (χ4n) is 2.82. The van der Waals surface area contributed by atoms with E-state index in [9.17, 15) is 4.79 Å². The highest BCUT2D eigenvalue weighted by Crippen LogP contribution is 2.21. The van der Waals surface area contributed by atoms with Crippen LogP contribution in [0.5, 0.6) is 0 Å². The molecule has 0 saturated carbocycles. The molecule has 3 aromatic rings. The van der Waals surface area contributed by atoms with Crippen molar-refractivity contribution in [1.82, 2.24) is 24.6 Å². The Morgan fingerprint density at radius 1 is 1.08 bits per heavy atom. The molecule has 24 heavy (non-hydrogen) atoms. The van der Waals surface area contributed by atoms with Gasteiger partial charge in [-0.25, -0.2) is 0 Å². The number of hydrogen-bond donors (Lipinski definition) is 0. The molecule has 0 aliphatic carbocycles. The molecule has 0 atom stereocenters. The zero-order valence-corrected chi connectivity index (χ0v) is 13.5. The fourth-order valence-corrected chi connectivity index (χ4v) is 3.01. The summed E-state index contributed by atoms with van der Waals surface area (Å²) in [6.07, 6.45) is 1.73. The molecule has 0 spiro atoms. The van der Waals surface area contributed by atoms with E-state index in [1.165, 1.54) is 0 Å². The zero-order valence-electron chi connectivity index (χ0n) is 12.8. The number of aromatic nitrogens is 4. The smallest absolute Gasteiger partial charge is 0.254 e. The third-order valence-corrected chi connectivity index (χ3v) is 4.24. The van der Waals surface area contributed by atoms with Gasteiger partial charge in [-0.15, -0.1) is 10.2 Å². The largest absolute Gasteiger partial charge is 0.329 e. The van der Waals surface area contributed by atoms with Crippen LogP contribution < -0.4 is 0 Å². The van der Waals surface area contributed by atoms with Crippen LogP contribution in [0, 0.1) is 0 Å². The molecular weight excluding hydrogens is 326 g/mol. The zero-order chi connectivity index (χ0) is 16.5. The van der Waals surface area contributed by atoms with Gasteiger partial charge in [-0.3, -0.25) is 9.78 Å². The van der Waals surface area contributed by atoms with Crippen molar-refractivity contribution in [3.05, 3.63) is 65.1 Å². The van der Waals surface area contributed by atoms with E-state index in [1.807, 2.05) is 22.8 Å². The Bertz CT molecular complexity index is 893. The standard InChI is InChI=1S/C17H14ClN5O/c18-13-5-3-4-12(10-13)17(24)22-8-9-23-15(11-22)20-21-16(23)14-6-1-2-7-19-14/h1-7,10H,8-9,11H2. The van der Waals surface area contributed by atoms with Crippen LogP contribution in [0.25, 0.3) is 11.5 Å². The van der Waals surface area contributed by atoms with Crippen molar-refractivity contribution in [2.24, 2.45) is 0 Å². The van der Waals surface area contributed by atoms with Gasteiger partial charge < -0.3 is 9.47 Å². The topological polar surface area (TPSA) is 63.9 Å². The summed E-state index contributed by atoms with van der Waals surface area (Å²) in [6.45, 7) is 1.65. The number of halogens is 1. The van der Waals surface area contributed by atoms with Crippen molar-refractivity contribution in [2.75, 3.05) is 6.54 Å². The molecule has 120 valence electrons. The number of carbonyl (C=O) groups is 1. The molecule has 0 saturated heterocycles. The Hall–Kier alpha value is -2.73. The van der Waals surface area contributed by atoms with Crippen molar-refractivity contribution < 1.29 is 4.79 Å². The second-order valence-corrected chi connectivity index (χ2v) is 5.98. The molecule has 2 aromatic heterocycles. The SMILES string of the molecule is O=C(c1cccc(Cl)c1)N1CCn2c(nnc2-c2ccccn2)C1. The highest BCUT2D eigenvalue weighted by atomic mass is 35.5. The molecular formula is C17H14ClN5O. The van der Waals surface area contributed by atoms with Crippen molar-refractivity contribution >= 4 is 17.5 Å². The van der Waals surface area contributed by atoms with E-state index < -0.39 is 0 Å². The van der Waals surface area contributed by atoms with Crippen molar-refractivity contribution in [3.8, 4) is 11.5 Å². The van der Waals surface area contributed by atoms with Crippen molar-refractivity contribution in [1.29, 1.82) is 0 Å². The first-order chi connectivity index (χ1) is 11.7. The quantitative estimate of drug-likeness (QED) is 0.720. The summed E-state index contributed by atoms with van der Waals surface area (Å²) in [4.78, 5) is 18.7. The molecule has 6 nitrogen and oxygen atoms in total. The molecule has 3 heterocycles. The van der Waals surface area contributed by atoms with Crippen molar-refractivity contribution in [3.63, 3.8) is 0 Å². The normalized spacial score (nSPS) is 13.6. The molecule has 0 bridgehead atoms. The van der Waals surface area contributed by atoms with Gasteiger partial charge in [-0.05, 0) is 30.3 Å². The number of fused-ring (bicyclic) bond motifs is 1. The number of hydrogen-bond acceptors (Lipinski definition) is 4. The van der Waals surface area contributed by atoms with Gasteiger partial charge in [0.1, 0.15) is 5.69 Å². The maximum absolute atomic E-state index is 12.6. The molecule has 7 heteroatoms. The Morgan fingerprint density at radius 3 is 2.79 bits per heavy atom. The van der Waals surface area contributed by atoms with Gasteiger partial charge in [0.05, 0.1) is 6.54 Å². The molecule has 4 rings (SSSR count). The Balaban J connectivity index is 1.59. The van der Waals surface area contributed by atoms with Crippen LogP contribution in [0.2, 0.25) is 5.02 Å². The summed E-state index contributed by atoms with van der Waals surface area (Å²) in [5.74, 6) is 1.45. The lowest BCUT2D eigenvalue weighted by atomic mass is 10.2. The summed E-state index contributed by atoms with van der Waals surface area (Å²) < 4.78 is 2.02. The highest BCUT2D eigenvalue weighted by Gasteiger charge is 2.26. The third-order valence-electron chi connectivity index (χ3n) is 4.01. The second kappa shape index (κ2) is 6.05. The van der Waals surface area contributed by atoms with E-state index in [-0.39, 0.29) is 5.91 Å². The van der Waals surface area contributed by atoms with E-state index in [0.717, 1.165) is 17.3 Å². The predicted molar refractivity (Wildman–Crippen MR) is 89.4 cm³/mol. The molecule has 0 fully saturated rings. The van der Waals surface area contributed by atoms with E-state index >= 15 is 0 Å². The minimum Gasteiger partial charge on any atom is -0.329 e. The lowest BCUT2D eigenvalue weighted by Gasteiger charge is -2.27. The van der Waals surface area contributed by atoms with E-state index in [2.05, 4.69) is 15.2 Å². The van der Waals surface area contributed by atoms with Crippen LogP contribution in [0.1, 0.15) is 16.2 Å². The highest BCUT2D eigenvalue weighted by molar-refractivity contribution is 6.30. The Morgan fingerprint density at radius 2 is 2.00 bits per heavy atom. The Kier molecular flexibility index (Phi) is 3.74. The first-order valence-corrected chi connectivity index (χ1v) is 7.98. The molecule has 0 N–H and O–H groups in total. The maximum atomic E-state index is 12.6. The van der Waals surface area contributed by atoms with Crippen LogP contribution >= 0.6 is 11.6 Å².